The van der Waals surface area contributed by atoms with E-state index < -0.39 is 5.41 Å². The molecule has 1 saturated heterocycles. The third-order valence-electron chi connectivity index (χ3n) is 3.54. The van der Waals surface area contributed by atoms with Crippen molar-refractivity contribution in [2.75, 3.05) is 33.9 Å². The van der Waals surface area contributed by atoms with Gasteiger partial charge in [-0.2, -0.15) is 0 Å². The number of hydrogen-bond donors (Lipinski definition) is 2. The number of esters is 1. The average Bonchev–Trinajstić information content (AvgIpc) is 2.39. The van der Waals surface area contributed by atoms with E-state index in [1.807, 2.05) is 0 Å². The summed E-state index contributed by atoms with van der Waals surface area (Å²) in [4.78, 5) is 23.6. The van der Waals surface area contributed by atoms with Crippen molar-refractivity contribution in [3.63, 3.8) is 0 Å². The maximum absolute atomic E-state index is 12.4. The molecule has 0 saturated carbocycles. The summed E-state index contributed by atoms with van der Waals surface area (Å²) in [6, 6.07) is -0.233. The zero-order chi connectivity index (χ0) is 14.3. The second kappa shape index (κ2) is 9.15. The summed E-state index contributed by atoms with van der Waals surface area (Å²) in [6.07, 6.45) is 1.68. The molecule has 20 heavy (non-hydrogen) atoms. The van der Waals surface area contributed by atoms with Crippen molar-refractivity contribution < 1.29 is 19.1 Å². The van der Waals surface area contributed by atoms with Crippen LogP contribution in [0.15, 0.2) is 0 Å². The van der Waals surface area contributed by atoms with E-state index in [1.54, 1.807) is 14.0 Å². The third kappa shape index (κ3) is 5.26. The Morgan fingerprint density at radius 1 is 1.30 bits per heavy atom. The molecule has 2 N–H and O–H groups in total. The maximum atomic E-state index is 12.4. The Bertz CT molecular complexity index is 314. The lowest BCUT2D eigenvalue weighted by Gasteiger charge is -2.36. The first-order chi connectivity index (χ1) is 9.04. The molecule has 1 heterocycles. The number of halogens is 1. The molecule has 0 aromatic carbocycles. The van der Waals surface area contributed by atoms with Gasteiger partial charge in [-0.3, -0.25) is 9.59 Å². The minimum atomic E-state index is -0.482. The van der Waals surface area contributed by atoms with Crippen LogP contribution in [-0.2, 0) is 19.1 Å². The van der Waals surface area contributed by atoms with Crippen LogP contribution in [0.25, 0.3) is 0 Å². The Balaban J connectivity index is 0.00000361. The van der Waals surface area contributed by atoms with Gasteiger partial charge in [-0.25, -0.2) is 0 Å². The predicted molar refractivity (Wildman–Crippen MR) is 77.9 cm³/mol. The number of nitrogens with one attached hydrogen (secondary N) is 2. The Hall–Kier alpha value is -0.850. The number of ether oxygens (including phenoxy) is 2. The molecular formula is C13H25ClN2O4. The molecule has 0 bridgehead atoms. The molecule has 0 spiro atoms. The summed E-state index contributed by atoms with van der Waals surface area (Å²) < 4.78 is 9.81. The fourth-order valence-corrected chi connectivity index (χ4v) is 2.38. The van der Waals surface area contributed by atoms with Gasteiger partial charge in [-0.1, -0.05) is 0 Å². The first kappa shape index (κ1) is 19.1. The molecule has 1 rings (SSSR count). The van der Waals surface area contributed by atoms with Crippen LogP contribution in [0.4, 0.5) is 0 Å². The van der Waals surface area contributed by atoms with Crippen LogP contribution in [0.2, 0.25) is 0 Å². The third-order valence-corrected chi connectivity index (χ3v) is 3.54. The lowest BCUT2D eigenvalue weighted by molar-refractivity contribution is -0.142. The number of carbonyl (C=O) groups is 2. The molecule has 0 aromatic rings. The summed E-state index contributed by atoms with van der Waals surface area (Å²) >= 11 is 0. The zero-order valence-corrected chi connectivity index (χ0v) is 13.2. The van der Waals surface area contributed by atoms with Gasteiger partial charge in [0.15, 0.2) is 0 Å². The van der Waals surface area contributed by atoms with Crippen LogP contribution in [-0.4, -0.2) is 51.8 Å². The van der Waals surface area contributed by atoms with Crippen molar-refractivity contribution >= 4 is 24.3 Å². The molecule has 6 nitrogen and oxygen atoms in total. The topological polar surface area (TPSA) is 76.7 Å². The smallest absolute Gasteiger partial charge is 0.307 e. The molecule has 1 unspecified atom stereocenters. The van der Waals surface area contributed by atoms with Gasteiger partial charge < -0.3 is 20.1 Å². The van der Waals surface area contributed by atoms with E-state index in [4.69, 9.17) is 4.74 Å². The van der Waals surface area contributed by atoms with Crippen LogP contribution in [0, 0.1) is 5.41 Å². The fraction of sp³-hybridized carbons (Fsp3) is 0.846. The number of methoxy groups -OCH3 is 2. The largest absolute Gasteiger partial charge is 0.469 e. The molecule has 7 heteroatoms. The van der Waals surface area contributed by atoms with Crippen molar-refractivity contribution in [2.24, 2.45) is 5.41 Å². The van der Waals surface area contributed by atoms with E-state index in [0.29, 0.717) is 6.61 Å². The number of hydrogen-bond acceptors (Lipinski definition) is 5. The Kier molecular flexibility index (Phi) is 8.76. The van der Waals surface area contributed by atoms with Gasteiger partial charge in [0.1, 0.15) is 0 Å². The highest BCUT2D eigenvalue weighted by Gasteiger charge is 2.40. The normalized spacial score (nSPS) is 18.6. The van der Waals surface area contributed by atoms with Gasteiger partial charge in [0.25, 0.3) is 0 Å². The van der Waals surface area contributed by atoms with Gasteiger partial charge in [0, 0.05) is 13.2 Å². The number of piperidine rings is 1. The number of carbonyl (C=O) groups excluding carboxylic acids is 2. The summed E-state index contributed by atoms with van der Waals surface area (Å²) in [6.45, 7) is 3.83. The van der Waals surface area contributed by atoms with Crippen LogP contribution >= 0.6 is 12.4 Å². The SMILES string of the molecule is COCC1(C(=O)NC(C)CC(=O)OC)CCNCC1.Cl. The van der Waals surface area contributed by atoms with Gasteiger partial charge in [0.2, 0.25) is 5.91 Å². The minimum Gasteiger partial charge on any atom is -0.469 e. The molecule has 1 amide bonds. The molecule has 118 valence electrons. The van der Waals surface area contributed by atoms with Crippen molar-refractivity contribution in [1.82, 2.24) is 10.6 Å². The van der Waals surface area contributed by atoms with Gasteiger partial charge >= 0.3 is 5.97 Å². The predicted octanol–water partition coefficient (Wildman–Crippen LogP) is 0.492. The first-order valence-corrected chi connectivity index (χ1v) is 6.61. The minimum absolute atomic E-state index is 0. The summed E-state index contributed by atoms with van der Waals surface area (Å²) in [7, 11) is 2.95. The van der Waals surface area contributed by atoms with Crippen molar-refractivity contribution in [1.29, 1.82) is 0 Å². The van der Waals surface area contributed by atoms with E-state index in [9.17, 15) is 9.59 Å². The fourth-order valence-electron chi connectivity index (χ4n) is 2.38. The van der Waals surface area contributed by atoms with E-state index in [-0.39, 0.29) is 36.7 Å². The molecule has 1 fully saturated rings. The summed E-state index contributed by atoms with van der Waals surface area (Å²) in [5, 5.41) is 6.13. The molecule has 1 atom stereocenters. The van der Waals surface area contributed by atoms with Gasteiger partial charge in [-0.05, 0) is 32.9 Å². The van der Waals surface area contributed by atoms with E-state index in [0.717, 1.165) is 25.9 Å². The Morgan fingerprint density at radius 3 is 2.40 bits per heavy atom. The molecule has 0 radical (unpaired) electrons. The van der Waals surface area contributed by atoms with Crippen molar-refractivity contribution in [2.45, 2.75) is 32.2 Å². The highest BCUT2D eigenvalue weighted by molar-refractivity contribution is 5.85. The maximum Gasteiger partial charge on any atom is 0.307 e. The van der Waals surface area contributed by atoms with Crippen LogP contribution in [0.3, 0.4) is 0 Å². The van der Waals surface area contributed by atoms with Gasteiger partial charge in [0.05, 0.1) is 25.6 Å². The molecule has 0 aromatic heterocycles. The van der Waals surface area contributed by atoms with Crippen LogP contribution < -0.4 is 10.6 Å². The Morgan fingerprint density at radius 2 is 1.90 bits per heavy atom. The van der Waals surface area contributed by atoms with Crippen molar-refractivity contribution in [3.05, 3.63) is 0 Å². The Labute approximate surface area is 126 Å². The van der Waals surface area contributed by atoms with E-state index in [1.165, 1.54) is 7.11 Å². The van der Waals surface area contributed by atoms with E-state index in [2.05, 4.69) is 15.4 Å². The quantitative estimate of drug-likeness (QED) is 0.699. The van der Waals surface area contributed by atoms with Crippen LogP contribution in [0.5, 0.6) is 0 Å². The standard InChI is InChI=1S/C13H24N2O4.ClH/c1-10(8-11(16)19-3)15-12(17)13(9-18-2)4-6-14-7-5-13;/h10,14H,4-9H2,1-3H3,(H,15,17);1H. The lowest BCUT2D eigenvalue weighted by atomic mass is 9.78. The second-order valence-electron chi connectivity index (χ2n) is 5.12. The monoisotopic (exact) mass is 308 g/mol. The summed E-state index contributed by atoms with van der Waals surface area (Å²) in [5.41, 5.74) is -0.482. The second-order valence-corrected chi connectivity index (χ2v) is 5.12. The molecule has 1 aliphatic rings. The number of amides is 1. The zero-order valence-electron chi connectivity index (χ0n) is 12.4. The molecular weight excluding hydrogens is 284 g/mol. The molecule has 1 aliphatic heterocycles. The van der Waals surface area contributed by atoms with Gasteiger partial charge in [-0.15, -0.1) is 12.4 Å². The highest BCUT2D eigenvalue weighted by Crippen LogP contribution is 2.29. The van der Waals surface area contributed by atoms with E-state index >= 15 is 0 Å². The average molecular weight is 309 g/mol. The number of rotatable bonds is 6. The van der Waals surface area contributed by atoms with Crippen molar-refractivity contribution in [3.8, 4) is 0 Å². The summed E-state index contributed by atoms with van der Waals surface area (Å²) in [5.74, 6) is -0.355. The van der Waals surface area contributed by atoms with Crippen LogP contribution in [0.1, 0.15) is 26.2 Å². The lowest BCUT2D eigenvalue weighted by Crippen LogP contribution is -2.52. The molecule has 0 aliphatic carbocycles. The highest BCUT2D eigenvalue weighted by atomic mass is 35.5. The first-order valence-electron chi connectivity index (χ1n) is 6.61.